The molecule has 0 radical (unpaired) electrons. The van der Waals surface area contributed by atoms with E-state index >= 15 is 0 Å². The highest BCUT2D eigenvalue weighted by Gasteiger charge is 2.16. The monoisotopic (exact) mass is 278 g/mol. The predicted molar refractivity (Wildman–Crippen MR) is 73.1 cm³/mol. The summed E-state index contributed by atoms with van der Waals surface area (Å²) in [5.74, 6) is 0.467. The summed E-state index contributed by atoms with van der Waals surface area (Å²) in [5, 5.41) is 13.5. The first-order valence-corrected chi connectivity index (χ1v) is 6.89. The molecule has 0 atom stereocenters. The third kappa shape index (κ3) is 3.35. The van der Waals surface area contributed by atoms with Gasteiger partial charge in [-0.1, -0.05) is 31.1 Å². The van der Waals surface area contributed by atoms with Crippen molar-refractivity contribution in [2.75, 3.05) is 0 Å². The predicted octanol–water partition coefficient (Wildman–Crippen LogP) is 3.08. The van der Waals surface area contributed by atoms with Crippen LogP contribution in [0.25, 0.3) is 11.5 Å². The second kappa shape index (κ2) is 5.88. The van der Waals surface area contributed by atoms with Crippen molar-refractivity contribution >= 4 is 17.7 Å². The van der Waals surface area contributed by atoms with Crippen LogP contribution >= 0.6 is 11.8 Å². The number of carbonyl (C=O) groups is 1. The first-order valence-electron chi connectivity index (χ1n) is 5.85. The van der Waals surface area contributed by atoms with Gasteiger partial charge in [-0.3, -0.25) is 0 Å². The molecular formula is C13H14N2O3S. The number of thioether (sulfide) groups is 1. The first kappa shape index (κ1) is 13.6. The zero-order chi connectivity index (χ0) is 13.8. The fourth-order valence-electron chi connectivity index (χ4n) is 1.52. The van der Waals surface area contributed by atoms with Crippen LogP contribution < -0.4 is 0 Å². The molecule has 0 bridgehead atoms. The first-order chi connectivity index (χ1) is 9.08. The van der Waals surface area contributed by atoms with E-state index in [0.717, 1.165) is 0 Å². The summed E-state index contributed by atoms with van der Waals surface area (Å²) in [5.41, 5.74) is 0.609. The largest absolute Gasteiger partial charge is 0.478 e. The molecule has 0 amide bonds. The second-order valence-corrected chi connectivity index (χ2v) is 5.79. The molecule has 2 rings (SSSR count). The third-order valence-corrected chi connectivity index (χ3v) is 3.49. The Kier molecular flexibility index (Phi) is 4.21. The summed E-state index contributed by atoms with van der Waals surface area (Å²) in [6.45, 7) is 4.18. The lowest BCUT2D eigenvalue weighted by molar-refractivity contribution is 0.0697. The fraction of sp³-hybridized carbons (Fsp3) is 0.308. The van der Waals surface area contributed by atoms with Crippen LogP contribution in [0, 0.1) is 0 Å². The van der Waals surface area contributed by atoms with Gasteiger partial charge in [0.2, 0.25) is 0 Å². The van der Waals surface area contributed by atoms with Crippen LogP contribution in [0.3, 0.4) is 0 Å². The van der Waals surface area contributed by atoms with Crippen LogP contribution in [0.2, 0.25) is 0 Å². The Balaban J connectivity index is 2.25. The summed E-state index contributed by atoms with van der Waals surface area (Å²) in [7, 11) is 0. The molecule has 0 spiro atoms. The van der Waals surface area contributed by atoms with E-state index in [0.29, 0.717) is 22.4 Å². The molecule has 0 saturated heterocycles. The Labute approximate surface area is 115 Å². The van der Waals surface area contributed by atoms with Gasteiger partial charge in [0.25, 0.3) is 5.89 Å². The van der Waals surface area contributed by atoms with Crippen LogP contribution in [0.1, 0.15) is 30.0 Å². The molecule has 5 nitrogen and oxygen atoms in total. The van der Waals surface area contributed by atoms with Gasteiger partial charge in [0.15, 0.2) is 5.82 Å². The van der Waals surface area contributed by atoms with Gasteiger partial charge in [-0.2, -0.15) is 16.7 Å². The highest BCUT2D eigenvalue weighted by atomic mass is 32.2. The molecule has 2 aromatic rings. The molecule has 0 aliphatic carbocycles. The van der Waals surface area contributed by atoms with Crippen LogP contribution in [-0.2, 0) is 5.75 Å². The van der Waals surface area contributed by atoms with Gasteiger partial charge in [0.05, 0.1) is 16.9 Å². The maximum absolute atomic E-state index is 11.1. The van der Waals surface area contributed by atoms with Crippen molar-refractivity contribution in [3.05, 3.63) is 35.7 Å². The Morgan fingerprint density at radius 2 is 2.16 bits per heavy atom. The van der Waals surface area contributed by atoms with E-state index in [-0.39, 0.29) is 11.5 Å². The van der Waals surface area contributed by atoms with Crippen LogP contribution in [0.15, 0.2) is 28.8 Å². The zero-order valence-corrected chi connectivity index (χ0v) is 11.5. The van der Waals surface area contributed by atoms with Gasteiger partial charge in [0, 0.05) is 0 Å². The molecule has 6 heteroatoms. The molecule has 1 N–H and O–H groups in total. The Morgan fingerprint density at radius 3 is 2.84 bits per heavy atom. The summed E-state index contributed by atoms with van der Waals surface area (Å²) >= 11 is 1.70. The lowest BCUT2D eigenvalue weighted by Crippen LogP contribution is -1.99. The molecule has 19 heavy (non-hydrogen) atoms. The minimum absolute atomic E-state index is 0.161. The number of nitrogens with zero attached hydrogens (tertiary/aromatic N) is 2. The fourth-order valence-corrected chi connectivity index (χ4v) is 2.12. The smallest absolute Gasteiger partial charge is 0.336 e. The molecule has 0 fully saturated rings. The van der Waals surface area contributed by atoms with Crippen molar-refractivity contribution < 1.29 is 14.4 Å². The number of benzene rings is 1. The average molecular weight is 278 g/mol. The number of carboxylic acids is 1. The van der Waals surface area contributed by atoms with Crippen molar-refractivity contribution in [3.8, 4) is 11.5 Å². The molecule has 0 aliphatic heterocycles. The maximum Gasteiger partial charge on any atom is 0.336 e. The highest BCUT2D eigenvalue weighted by molar-refractivity contribution is 7.99. The van der Waals surface area contributed by atoms with Crippen LogP contribution in [-0.4, -0.2) is 26.5 Å². The van der Waals surface area contributed by atoms with E-state index in [4.69, 9.17) is 9.63 Å². The number of aromatic carboxylic acids is 1. The van der Waals surface area contributed by atoms with Crippen LogP contribution in [0.5, 0.6) is 0 Å². The molecule has 0 saturated carbocycles. The normalized spacial score (nSPS) is 10.9. The van der Waals surface area contributed by atoms with Crippen molar-refractivity contribution in [1.29, 1.82) is 0 Å². The number of rotatable bonds is 5. The SMILES string of the molecule is CC(C)SCc1noc(-c2ccccc2C(=O)O)n1. The minimum Gasteiger partial charge on any atom is -0.478 e. The van der Waals surface area contributed by atoms with Crippen molar-refractivity contribution in [2.45, 2.75) is 24.9 Å². The Morgan fingerprint density at radius 1 is 1.42 bits per heavy atom. The molecule has 1 aromatic heterocycles. The molecule has 1 heterocycles. The zero-order valence-electron chi connectivity index (χ0n) is 10.7. The Bertz CT molecular complexity index is 581. The van der Waals surface area contributed by atoms with E-state index in [1.165, 1.54) is 6.07 Å². The van der Waals surface area contributed by atoms with Gasteiger partial charge < -0.3 is 9.63 Å². The van der Waals surface area contributed by atoms with Crippen molar-refractivity contribution in [2.24, 2.45) is 0 Å². The van der Waals surface area contributed by atoms with E-state index in [1.807, 2.05) is 0 Å². The van der Waals surface area contributed by atoms with E-state index in [2.05, 4.69) is 24.0 Å². The molecule has 1 aromatic carbocycles. The highest BCUT2D eigenvalue weighted by Crippen LogP contribution is 2.23. The molecule has 0 unspecified atom stereocenters. The quantitative estimate of drug-likeness (QED) is 0.905. The lowest BCUT2D eigenvalue weighted by atomic mass is 10.1. The molecular weight excluding hydrogens is 264 g/mol. The summed E-state index contributed by atoms with van der Waals surface area (Å²) in [6.07, 6.45) is 0. The Hall–Kier alpha value is -1.82. The van der Waals surface area contributed by atoms with Gasteiger partial charge in [-0.25, -0.2) is 4.79 Å². The third-order valence-electron chi connectivity index (χ3n) is 2.40. The van der Waals surface area contributed by atoms with Gasteiger partial charge >= 0.3 is 5.97 Å². The summed E-state index contributed by atoms with van der Waals surface area (Å²) < 4.78 is 5.14. The summed E-state index contributed by atoms with van der Waals surface area (Å²) in [6, 6.07) is 6.59. The van der Waals surface area contributed by atoms with Crippen molar-refractivity contribution in [3.63, 3.8) is 0 Å². The number of hydrogen-bond donors (Lipinski definition) is 1. The van der Waals surface area contributed by atoms with E-state index < -0.39 is 5.97 Å². The van der Waals surface area contributed by atoms with Crippen molar-refractivity contribution in [1.82, 2.24) is 10.1 Å². The number of carboxylic acid groups (broad SMARTS) is 1. The minimum atomic E-state index is -1.01. The maximum atomic E-state index is 11.1. The molecule has 0 aliphatic rings. The topological polar surface area (TPSA) is 76.2 Å². The van der Waals surface area contributed by atoms with E-state index in [9.17, 15) is 4.79 Å². The number of hydrogen-bond acceptors (Lipinski definition) is 5. The van der Waals surface area contributed by atoms with Crippen LogP contribution in [0.4, 0.5) is 0 Å². The van der Waals surface area contributed by atoms with Gasteiger partial charge in [-0.05, 0) is 17.4 Å². The second-order valence-electron chi connectivity index (χ2n) is 4.23. The molecule has 100 valence electrons. The number of aromatic nitrogens is 2. The lowest BCUT2D eigenvalue weighted by Gasteiger charge is -2.00. The van der Waals surface area contributed by atoms with E-state index in [1.54, 1.807) is 30.0 Å². The van der Waals surface area contributed by atoms with Gasteiger partial charge in [-0.15, -0.1) is 0 Å². The summed E-state index contributed by atoms with van der Waals surface area (Å²) in [4.78, 5) is 15.4. The average Bonchev–Trinajstić information content (AvgIpc) is 2.85. The van der Waals surface area contributed by atoms with Gasteiger partial charge in [0.1, 0.15) is 0 Å². The standard InChI is InChI=1S/C13H14N2O3S/c1-8(2)19-7-11-14-12(18-15-11)9-5-3-4-6-10(9)13(16)17/h3-6,8H,7H2,1-2H3,(H,16,17).